The highest BCUT2D eigenvalue weighted by molar-refractivity contribution is 5.42. The first-order valence-corrected chi connectivity index (χ1v) is 7.83. The summed E-state index contributed by atoms with van der Waals surface area (Å²) in [5, 5.41) is 3.55. The van der Waals surface area contributed by atoms with Crippen LogP contribution in [0.25, 0.3) is 0 Å². The van der Waals surface area contributed by atoms with E-state index in [0.29, 0.717) is 0 Å². The molecule has 0 atom stereocenters. The molecule has 0 unspecified atom stereocenters. The van der Waals surface area contributed by atoms with E-state index in [1.54, 1.807) is 0 Å². The van der Waals surface area contributed by atoms with Gasteiger partial charge in [-0.1, -0.05) is 13.3 Å². The van der Waals surface area contributed by atoms with Gasteiger partial charge in [0.15, 0.2) is 0 Å². The number of unbranched alkanes of at least 4 members (excludes halogenated alkanes) is 1. The van der Waals surface area contributed by atoms with Crippen molar-refractivity contribution in [2.45, 2.75) is 66.5 Å². The number of aromatic nitrogens is 1. The quantitative estimate of drug-likeness (QED) is 0.819. The second kappa shape index (κ2) is 7.63. The summed E-state index contributed by atoms with van der Waals surface area (Å²) >= 11 is 0. The lowest BCUT2D eigenvalue weighted by atomic mass is 10.1. The average Bonchev–Trinajstić information content (AvgIpc) is 2.36. The molecule has 0 radical (unpaired) electrons. The minimum Gasteiger partial charge on any atom is -0.357 e. The number of pyridine rings is 1. The third-order valence-electron chi connectivity index (χ3n) is 3.31. The Labute approximate surface area is 124 Å². The van der Waals surface area contributed by atoms with Gasteiger partial charge in [0, 0.05) is 30.9 Å². The molecule has 0 aliphatic rings. The standard InChI is InChI=1S/C17H31N3/c1-7-9-10-20(8-2)16-12-15(11-14(3)19-16)13-18-17(4,5)6/h11-12,18H,7-10,13H2,1-6H3. The Bertz CT molecular complexity index is 407. The van der Waals surface area contributed by atoms with Crippen LogP contribution in [0.5, 0.6) is 0 Å². The fourth-order valence-electron chi connectivity index (χ4n) is 2.14. The lowest BCUT2D eigenvalue weighted by molar-refractivity contribution is 0.424. The van der Waals surface area contributed by atoms with Crippen molar-refractivity contribution in [3.8, 4) is 0 Å². The summed E-state index contributed by atoms with van der Waals surface area (Å²) in [5.41, 5.74) is 2.56. The van der Waals surface area contributed by atoms with Crippen LogP contribution in [0.3, 0.4) is 0 Å². The van der Waals surface area contributed by atoms with Gasteiger partial charge in [0.2, 0.25) is 0 Å². The molecule has 0 saturated heterocycles. The number of aryl methyl sites for hydroxylation is 1. The summed E-state index contributed by atoms with van der Waals surface area (Å²) in [6.45, 7) is 16.1. The number of nitrogens with zero attached hydrogens (tertiary/aromatic N) is 2. The zero-order valence-electron chi connectivity index (χ0n) is 14.1. The van der Waals surface area contributed by atoms with Crippen LogP contribution in [-0.4, -0.2) is 23.6 Å². The Morgan fingerprint density at radius 2 is 1.90 bits per heavy atom. The molecule has 1 N–H and O–H groups in total. The predicted octanol–water partition coefficient (Wildman–Crippen LogP) is 3.90. The lowest BCUT2D eigenvalue weighted by Crippen LogP contribution is -2.35. The van der Waals surface area contributed by atoms with Gasteiger partial charge in [-0.15, -0.1) is 0 Å². The first-order valence-electron chi connectivity index (χ1n) is 7.83. The molecule has 114 valence electrons. The Kier molecular flexibility index (Phi) is 6.47. The van der Waals surface area contributed by atoms with E-state index in [9.17, 15) is 0 Å². The van der Waals surface area contributed by atoms with E-state index in [-0.39, 0.29) is 5.54 Å². The number of anilines is 1. The molecule has 1 aromatic heterocycles. The van der Waals surface area contributed by atoms with E-state index in [4.69, 9.17) is 4.98 Å². The zero-order valence-corrected chi connectivity index (χ0v) is 14.1. The third kappa shape index (κ3) is 5.91. The van der Waals surface area contributed by atoms with Crippen molar-refractivity contribution in [1.82, 2.24) is 10.3 Å². The van der Waals surface area contributed by atoms with Gasteiger partial charge in [0.1, 0.15) is 5.82 Å². The van der Waals surface area contributed by atoms with Crippen molar-refractivity contribution in [3.63, 3.8) is 0 Å². The first-order chi connectivity index (χ1) is 9.35. The van der Waals surface area contributed by atoms with E-state index in [2.05, 4.69) is 63.9 Å². The second-order valence-corrected chi connectivity index (χ2v) is 6.51. The highest BCUT2D eigenvalue weighted by Gasteiger charge is 2.11. The molecular formula is C17H31N3. The molecule has 1 rings (SSSR count). The van der Waals surface area contributed by atoms with Crippen LogP contribution in [-0.2, 0) is 6.54 Å². The van der Waals surface area contributed by atoms with Gasteiger partial charge in [-0.3, -0.25) is 0 Å². The molecule has 0 fully saturated rings. The molecular weight excluding hydrogens is 246 g/mol. The molecule has 0 aliphatic heterocycles. The Balaban J connectivity index is 2.83. The number of rotatable bonds is 7. The fraction of sp³-hybridized carbons (Fsp3) is 0.706. The summed E-state index contributed by atoms with van der Waals surface area (Å²) in [6, 6.07) is 4.40. The van der Waals surface area contributed by atoms with E-state index >= 15 is 0 Å². The van der Waals surface area contributed by atoms with Gasteiger partial charge < -0.3 is 10.2 Å². The van der Waals surface area contributed by atoms with E-state index in [1.807, 2.05) is 0 Å². The van der Waals surface area contributed by atoms with Gasteiger partial charge in [0.05, 0.1) is 0 Å². The van der Waals surface area contributed by atoms with Gasteiger partial charge in [-0.05, 0) is 58.7 Å². The Morgan fingerprint density at radius 1 is 1.20 bits per heavy atom. The summed E-state index contributed by atoms with van der Waals surface area (Å²) < 4.78 is 0. The Hall–Kier alpha value is -1.09. The van der Waals surface area contributed by atoms with E-state index in [1.165, 1.54) is 18.4 Å². The molecule has 0 aliphatic carbocycles. The highest BCUT2D eigenvalue weighted by atomic mass is 15.2. The van der Waals surface area contributed by atoms with Crippen molar-refractivity contribution in [1.29, 1.82) is 0 Å². The largest absolute Gasteiger partial charge is 0.357 e. The van der Waals surface area contributed by atoms with Crippen molar-refractivity contribution < 1.29 is 0 Å². The van der Waals surface area contributed by atoms with Crippen molar-refractivity contribution >= 4 is 5.82 Å². The molecule has 0 bridgehead atoms. The normalized spacial score (nSPS) is 11.7. The maximum atomic E-state index is 4.70. The summed E-state index contributed by atoms with van der Waals surface area (Å²) in [7, 11) is 0. The van der Waals surface area contributed by atoms with Crippen molar-refractivity contribution in [2.24, 2.45) is 0 Å². The third-order valence-corrected chi connectivity index (χ3v) is 3.31. The monoisotopic (exact) mass is 277 g/mol. The van der Waals surface area contributed by atoms with Crippen LogP contribution in [0.15, 0.2) is 12.1 Å². The smallest absolute Gasteiger partial charge is 0.129 e. The Morgan fingerprint density at radius 3 is 2.45 bits per heavy atom. The van der Waals surface area contributed by atoms with E-state index in [0.717, 1.165) is 31.1 Å². The van der Waals surface area contributed by atoms with Crippen molar-refractivity contribution in [2.75, 3.05) is 18.0 Å². The highest BCUT2D eigenvalue weighted by Crippen LogP contribution is 2.16. The van der Waals surface area contributed by atoms with Gasteiger partial charge >= 0.3 is 0 Å². The van der Waals surface area contributed by atoms with Crippen LogP contribution in [0.2, 0.25) is 0 Å². The molecule has 0 spiro atoms. The average molecular weight is 277 g/mol. The topological polar surface area (TPSA) is 28.2 Å². The molecule has 1 heterocycles. The maximum absolute atomic E-state index is 4.70. The molecule has 20 heavy (non-hydrogen) atoms. The summed E-state index contributed by atoms with van der Waals surface area (Å²) in [5.74, 6) is 1.12. The molecule has 3 nitrogen and oxygen atoms in total. The molecule has 3 heteroatoms. The molecule has 1 aromatic rings. The van der Waals surface area contributed by atoms with Gasteiger partial charge in [-0.25, -0.2) is 4.98 Å². The van der Waals surface area contributed by atoms with Crippen LogP contribution in [0, 0.1) is 6.92 Å². The minimum absolute atomic E-state index is 0.143. The van der Waals surface area contributed by atoms with Gasteiger partial charge in [0.25, 0.3) is 0 Å². The van der Waals surface area contributed by atoms with Crippen LogP contribution in [0.1, 0.15) is 58.7 Å². The summed E-state index contributed by atoms with van der Waals surface area (Å²) in [4.78, 5) is 7.07. The summed E-state index contributed by atoms with van der Waals surface area (Å²) in [6.07, 6.45) is 2.44. The molecule has 0 aromatic carbocycles. The van der Waals surface area contributed by atoms with Crippen LogP contribution in [0.4, 0.5) is 5.82 Å². The lowest BCUT2D eigenvalue weighted by Gasteiger charge is -2.24. The minimum atomic E-state index is 0.143. The number of nitrogens with one attached hydrogen (secondary N) is 1. The van der Waals surface area contributed by atoms with Crippen LogP contribution < -0.4 is 10.2 Å². The van der Waals surface area contributed by atoms with E-state index < -0.39 is 0 Å². The maximum Gasteiger partial charge on any atom is 0.129 e. The molecule has 0 saturated carbocycles. The predicted molar refractivity (Wildman–Crippen MR) is 88.4 cm³/mol. The number of hydrogen-bond donors (Lipinski definition) is 1. The van der Waals surface area contributed by atoms with Gasteiger partial charge in [-0.2, -0.15) is 0 Å². The fourth-order valence-corrected chi connectivity index (χ4v) is 2.14. The van der Waals surface area contributed by atoms with Crippen molar-refractivity contribution in [3.05, 3.63) is 23.4 Å². The SMILES string of the molecule is CCCCN(CC)c1cc(CNC(C)(C)C)cc(C)n1. The first kappa shape index (κ1) is 17.0. The van der Waals surface area contributed by atoms with Crippen LogP contribution >= 0.6 is 0 Å². The molecule has 0 amide bonds. The second-order valence-electron chi connectivity index (χ2n) is 6.51. The zero-order chi connectivity index (χ0) is 15.2. The number of hydrogen-bond acceptors (Lipinski definition) is 3.